The van der Waals surface area contributed by atoms with Crippen LogP contribution in [0.15, 0.2) is 12.5 Å². The van der Waals surface area contributed by atoms with Crippen LogP contribution < -0.4 is 5.32 Å². The van der Waals surface area contributed by atoms with Crippen molar-refractivity contribution in [2.45, 2.75) is 31.7 Å². The minimum atomic E-state index is -0.703. The molecule has 7 nitrogen and oxygen atoms in total. The zero-order valence-corrected chi connectivity index (χ0v) is 11.3. The highest BCUT2D eigenvalue weighted by molar-refractivity contribution is 5.86. The summed E-state index contributed by atoms with van der Waals surface area (Å²) in [4.78, 5) is 19.6. The number of hydrogen-bond donors (Lipinski definition) is 2. The molecule has 7 heteroatoms. The van der Waals surface area contributed by atoms with Gasteiger partial charge in [-0.2, -0.15) is 5.10 Å². The monoisotopic (exact) mass is 275 g/mol. The van der Waals surface area contributed by atoms with E-state index in [9.17, 15) is 4.79 Å². The highest BCUT2D eigenvalue weighted by Crippen LogP contribution is 2.28. The van der Waals surface area contributed by atoms with Crippen molar-refractivity contribution in [2.24, 2.45) is 13.0 Å². The fourth-order valence-electron chi connectivity index (χ4n) is 2.82. The van der Waals surface area contributed by atoms with Gasteiger partial charge in [0.05, 0.1) is 17.5 Å². The van der Waals surface area contributed by atoms with Gasteiger partial charge in [-0.05, 0) is 19.3 Å². The van der Waals surface area contributed by atoms with E-state index in [4.69, 9.17) is 5.11 Å². The van der Waals surface area contributed by atoms with Crippen LogP contribution in [0.4, 0.5) is 5.82 Å². The number of carboxylic acid groups (broad SMARTS) is 1. The van der Waals surface area contributed by atoms with Crippen LogP contribution in [0.1, 0.15) is 25.7 Å². The molecule has 2 N–H and O–H groups in total. The largest absolute Gasteiger partial charge is 0.481 e. The SMILES string of the molecule is Cn1ncc2c(NC3CCCC(C(=O)O)C3)ncnc21. The summed E-state index contributed by atoms with van der Waals surface area (Å²) in [5.74, 6) is -0.225. The lowest BCUT2D eigenvalue weighted by Crippen LogP contribution is -2.31. The lowest BCUT2D eigenvalue weighted by Gasteiger charge is -2.27. The minimum Gasteiger partial charge on any atom is -0.481 e. The van der Waals surface area contributed by atoms with Crippen LogP contribution in [0.2, 0.25) is 0 Å². The summed E-state index contributed by atoms with van der Waals surface area (Å²) >= 11 is 0. The van der Waals surface area contributed by atoms with Gasteiger partial charge in [0.25, 0.3) is 0 Å². The van der Waals surface area contributed by atoms with E-state index in [1.54, 1.807) is 10.9 Å². The molecular formula is C13H17N5O2. The molecule has 2 atom stereocenters. The van der Waals surface area contributed by atoms with Crippen LogP contribution >= 0.6 is 0 Å². The first-order valence-corrected chi connectivity index (χ1v) is 6.77. The summed E-state index contributed by atoms with van der Waals surface area (Å²) in [6, 6.07) is 0.142. The smallest absolute Gasteiger partial charge is 0.306 e. The van der Waals surface area contributed by atoms with E-state index in [2.05, 4.69) is 20.4 Å². The van der Waals surface area contributed by atoms with E-state index < -0.39 is 5.97 Å². The van der Waals surface area contributed by atoms with Crippen LogP contribution in [0.3, 0.4) is 0 Å². The highest BCUT2D eigenvalue weighted by Gasteiger charge is 2.27. The third-order valence-corrected chi connectivity index (χ3v) is 3.89. The van der Waals surface area contributed by atoms with Gasteiger partial charge in [0.2, 0.25) is 0 Å². The number of aliphatic carboxylic acids is 1. The third kappa shape index (κ3) is 2.31. The molecule has 20 heavy (non-hydrogen) atoms. The van der Waals surface area contributed by atoms with E-state index in [1.807, 2.05) is 7.05 Å². The Bertz CT molecular complexity index is 639. The molecule has 0 aromatic carbocycles. The molecule has 106 valence electrons. The standard InChI is InChI=1S/C13H17N5O2/c1-18-12-10(6-16-18)11(14-7-15-12)17-9-4-2-3-8(5-9)13(19)20/h6-9H,2-5H2,1H3,(H,19,20)(H,14,15,17). The molecule has 2 heterocycles. The second-order valence-electron chi connectivity index (χ2n) is 5.27. The average molecular weight is 275 g/mol. The van der Waals surface area contributed by atoms with Crippen LogP contribution in [-0.4, -0.2) is 36.9 Å². The first-order valence-electron chi connectivity index (χ1n) is 6.77. The predicted octanol–water partition coefficient (Wildman–Crippen LogP) is 1.42. The number of aryl methyl sites for hydroxylation is 1. The van der Waals surface area contributed by atoms with Gasteiger partial charge < -0.3 is 10.4 Å². The van der Waals surface area contributed by atoms with Crippen LogP contribution in [0, 0.1) is 5.92 Å². The molecule has 0 spiro atoms. The van der Waals surface area contributed by atoms with Gasteiger partial charge in [-0.1, -0.05) is 6.42 Å². The van der Waals surface area contributed by atoms with Crippen LogP contribution in [0.5, 0.6) is 0 Å². The van der Waals surface area contributed by atoms with Gasteiger partial charge in [0, 0.05) is 13.1 Å². The maximum absolute atomic E-state index is 11.1. The molecule has 0 aliphatic heterocycles. The van der Waals surface area contributed by atoms with E-state index in [-0.39, 0.29) is 12.0 Å². The first kappa shape index (κ1) is 12.8. The second-order valence-corrected chi connectivity index (χ2v) is 5.27. The molecule has 1 aliphatic carbocycles. The topological polar surface area (TPSA) is 92.9 Å². The predicted molar refractivity (Wildman–Crippen MR) is 73.3 cm³/mol. The third-order valence-electron chi connectivity index (χ3n) is 3.89. The number of carbonyl (C=O) groups is 1. The number of aromatic nitrogens is 4. The molecule has 2 aromatic rings. The van der Waals surface area contributed by atoms with Crippen molar-refractivity contribution >= 4 is 22.8 Å². The maximum Gasteiger partial charge on any atom is 0.306 e. The van der Waals surface area contributed by atoms with Crippen LogP contribution in [-0.2, 0) is 11.8 Å². The highest BCUT2D eigenvalue weighted by atomic mass is 16.4. The quantitative estimate of drug-likeness (QED) is 0.880. The fourth-order valence-corrected chi connectivity index (χ4v) is 2.82. The summed E-state index contributed by atoms with van der Waals surface area (Å²) in [6.45, 7) is 0. The van der Waals surface area contributed by atoms with Crippen molar-refractivity contribution in [3.63, 3.8) is 0 Å². The molecular weight excluding hydrogens is 258 g/mol. The lowest BCUT2D eigenvalue weighted by atomic mass is 9.86. The molecule has 2 aromatic heterocycles. The minimum absolute atomic E-state index is 0.142. The van der Waals surface area contributed by atoms with E-state index >= 15 is 0 Å². The van der Waals surface area contributed by atoms with E-state index in [0.717, 1.165) is 36.1 Å². The number of anilines is 1. The summed E-state index contributed by atoms with van der Waals surface area (Å²) in [6.07, 6.45) is 6.53. The molecule has 0 saturated heterocycles. The lowest BCUT2D eigenvalue weighted by molar-refractivity contribution is -0.142. The Morgan fingerprint density at radius 2 is 2.30 bits per heavy atom. The van der Waals surface area contributed by atoms with Gasteiger partial charge in [-0.3, -0.25) is 9.48 Å². The van der Waals surface area contributed by atoms with Gasteiger partial charge in [-0.25, -0.2) is 9.97 Å². The molecule has 1 fully saturated rings. The second kappa shape index (κ2) is 5.07. The number of rotatable bonds is 3. The number of carboxylic acids is 1. The van der Waals surface area contributed by atoms with Crippen molar-refractivity contribution < 1.29 is 9.90 Å². The number of nitrogens with one attached hydrogen (secondary N) is 1. The fraction of sp³-hybridized carbons (Fsp3) is 0.538. The summed E-state index contributed by atoms with van der Waals surface area (Å²) in [5.41, 5.74) is 0.771. The van der Waals surface area contributed by atoms with Gasteiger partial charge in [0.1, 0.15) is 12.1 Å². The Morgan fingerprint density at radius 3 is 3.10 bits per heavy atom. The zero-order chi connectivity index (χ0) is 14.1. The number of hydrogen-bond acceptors (Lipinski definition) is 5. The molecule has 2 unspecified atom stereocenters. The van der Waals surface area contributed by atoms with Crippen molar-refractivity contribution in [3.8, 4) is 0 Å². The number of fused-ring (bicyclic) bond motifs is 1. The normalized spacial score (nSPS) is 22.9. The van der Waals surface area contributed by atoms with Gasteiger partial charge in [-0.15, -0.1) is 0 Å². The van der Waals surface area contributed by atoms with Crippen molar-refractivity contribution in [1.82, 2.24) is 19.7 Å². The summed E-state index contributed by atoms with van der Waals surface area (Å²) in [7, 11) is 1.83. The molecule has 1 saturated carbocycles. The summed E-state index contributed by atoms with van der Waals surface area (Å²) in [5, 5.41) is 17.5. The zero-order valence-electron chi connectivity index (χ0n) is 11.3. The first-order chi connectivity index (χ1) is 9.65. The Morgan fingerprint density at radius 1 is 1.45 bits per heavy atom. The molecule has 0 radical (unpaired) electrons. The Labute approximate surface area is 116 Å². The number of nitrogens with zero attached hydrogens (tertiary/aromatic N) is 4. The molecule has 3 rings (SSSR count). The summed E-state index contributed by atoms with van der Waals surface area (Å²) < 4.78 is 1.70. The molecule has 1 aliphatic rings. The van der Waals surface area contributed by atoms with Crippen LogP contribution in [0.25, 0.3) is 11.0 Å². The Kier molecular flexibility index (Phi) is 3.25. The van der Waals surface area contributed by atoms with Crippen molar-refractivity contribution in [3.05, 3.63) is 12.5 Å². The maximum atomic E-state index is 11.1. The van der Waals surface area contributed by atoms with Gasteiger partial charge >= 0.3 is 5.97 Å². The Balaban J connectivity index is 1.81. The van der Waals surface area contributed by atoms with Crippen molar-refractivity contribution in [1.29, 1.82) is 0 Å². The van der Waals surface area contributed by atoms with E-state index in [0.29, 0.717) is 6.42 Å². The van der Waals surface area contributed by atoms with E-state index in [1.165, 1.54) is 6.33 Å². The van der Waals surface area contributed by atoms with Crippen molar-refractivity contribution in [2.75, 3.05) is 5.32 Å². The molecule has 0 amide bonds. The van der Waals surface area contributed by atoms with Gasteiger partial charge in [0.15, 0.2) is 5.65 Å². The Hall–Kier alpha value is -2.18. The average Bonchev–Trinajstić information content (AvgIpc) is 2.82. The molecule has 0 bridgehead atoms.